The number of phenolic OH excluding ortho intramolecular Hbond substituents is 1. The van der Waals surface area contributed by atoms with E-state index in [1.165, 1.54) is 0 Å². The highest BCUT2D eigenvalue weighted by molar-refractivity contribution is 9.10. The molecule has 350 valence electrons. The van der Waals surface area contributed by atoms with E-state index >= 15 is 0 Å². The predicted molar refractivity (Wildman–Crippen MR) is 267 cm³/mol. The number of aromatic hydroxyl groups is 1. The number of ether oxygens (including phenoxy) is 1. The molecule has 0 aliphatic heterocycles. The molecular formula is C44H63Br3F4N6O4Si2. The van der Waals surface area contributed by atoms with Gasteiger partial charge >= 0.3 is 0 Å². The summed E-state index contributed by atoms with van der Waals surface area (Å²) in [6.07, 6.45) is -2.03. The van der Waals surface area contributed by atoms with Gasteiger partial charge in [0.15, 0.2) is 22.5 Å². The molecule has 0 bridgehead atoms. The zero-order chi connectivity index (χ0) is 45.9. The van der Waals surface area contributed by atoms with Gasteiger partial charge in [0.25, 0.3) is 6.43 Å². The minimum Gasteiger partial charge on any atom is -0.507 e. The van der Waals surface area contributed by atoms with Crippen LogP contribution in [0.1, 0.15) is 73.3 Å². The summed E-state index contributed by atoms with van der Waals surface area (Å²) in [5.74, 6) is 1.65. The number of halogens is 7. The molecule has 0 amide bonds. The highest BCUT2D eigenvalue weighted by Crippen LogP contribution is 2.38. The van der Waals surface area contributed by atoms with Crippen LogP contribution in [0.3, 0.4) is 0 Å². The smallest absolute Gasteiger partial charge is 0.272 e. The topological polar surface area (TPSA) is 127 Å². The molecule has 5 rings (SSSR count). The van der Waals surface area contributed by atoms with E-state index in [9.17, 15) is 22.7 Å². The highest BCUT2D eigenvalue weighted by atomic mass is 79.9. The third-order valence-electron chi connectivity index (χ3n) is 10.2. The molecular weight excluding hydrogens is 1050 g/mol. The van der Waals surface area contributed by atoms with Crippen molar-refractivity contribution >= 4 is 93.0 Å². The fraction of sp³-hybridized carbons (Fsp3) is 0.455. The van der Waals surface area contributed by atoms with E-state index < -0.39 is 36.1 Å². The molecule has 0 unspecified atom stereocenters. The zero-order valence-corrected chi connectivity index (χ0v) is 42.8. The molecule has 0 saturated carbocycles. The van der Waals surface area contributed by atoms with E-state index in [1.807, 2.05) is 42.5 Å². The third kappa shape index (κ3) is 17.3. The van der Waals surface area contributed by atoms with Crippen LogP contribution in [-0.2, 0) is 22.1 Å². The Hall–Kier alpha value is -3.21. The monoisotopic (exact) mass is 1110 g/mol. The first-order valence-electron chi connectivity index (χ1n) is 19.2. The van der Waals surface area contributed by atoms with Crippen LogP contribution < -0.4 is 10.1 Å². The Kier molecular flexibility index (Phi) is 22.9. The van der Waals surface area contributed by atoms with Gasteiger partial charge in [0.05, 0.1) is 58.3 Å². The van der Waals surface area contributed by atoms with Crippen molar-refractivity contribution in [3.05, 3.63) is 92.8 Å². The molecule has 19 heteroatoms. The van der Waals surface area contributed by atoms with Crippen LogP contribution in [0, 0.1) is 5.41 Å². The standard InChI is InChI=1S/C21H26BrF2N3O2Si.C19H26BrN3O2Si.C2H3BrF2.2CH4/c1-21(2,3)30(4,5)29-12-15-7-6-8-20(26-15)27-17-9-14(22)10-18(16(17)11-25-27)28-13-19(23)24;1-19(2,3)26(4,5)25-12-14-7-6-8-18(22-14)23-16-9-13(20)10-17(24)15(16)11-21;3-1-2(4)5;;/h6-11,19H,12-13H2,1-5H3;6-11,21,24H,12H2,1-5H3,(H,22,23);2H,1H2;2*1H4. The minimum atomic E-state index is -2.55. The van der Waals surface area contributed by atoms with Gasteiger partial charge in [0.2, 0.25) is 6.43 Å². The van der Waals surface area contributed by atoms with Gasteiger partial charge in [0.1, 0.15) is 23.9 Å². The van der Waals surface area contributed by atoms with Crippen molar-refractivity contribution in [2.24, 2.45) is 0 Å². The average molecular weight is 1110 g/mol. The van der Waals surface area contributed by atoms with E-state index in [0.29, 0.717) is 57.2 Å². The molecule has 0 aliphatic carbocycles. The highest BCUT2D eigenvalue weighted by Gasteiger charge is 2.38. The number of fused-ring (bicyclic) bond motifs is 1. The quantitative estimate of drug-likeness (QED) is 0.0434. The third-order valence-corrected chi connectivity index (χ3v) is 20.6. The number of hydrogen-bond acceptors (Lipinski definition) is 9. The lowest BCUT2D eigenvalue weighted by Gasteiger charge is -2.36. The number of anilines is 2. The van der Waals surface area contributed by atoms with Gasteiger partial charge in [-0.15, -0.1) is 0 Å². The van der Waals surface area contributed by atoms with Crippen molar-refractivity contribution in [1.82, 2.24) is 19.7 Å². The Bertz CT molecular complexity index is 2220. The molecule has 0 fully saturated rings. The first-order chi connectivity index (χ1) is 28.3. The van der Waals surface area contributed by atoms with Crippen LogP contribution in [0.5, 0.6) is 11.5 Å². The Labute approximate surface area is 398 Å². The SMILES string of the molecule is C.C.CC(C)(C)[Si](C)(C)OCc1cccc(-n2ncc3c(OCC(F)F)cc(Br)cc32)n1.CC(C)(C)[Si](C)(C)OCc1cccc(Nc2cc(Br)cc(O)c2C=N)n1.FC(F)CBr. The number of rotatable bonds is 14. The molecule has 3 aromatic heterocycles. The molecule has 0 aliphatic rings. The summed E-state index contributed by atoms with van der Waals surface area (Å²) in [6.45, 7) is 22.3. The van der Waals surface area contributed by atoms with E-state index in [2.05, 4.69) is 131 Å². The molecule has 5 aromatic rings. The van der Waals surface area contributed by atoms with Crippen molar-refractivity contribution < 1.29 is 36.3 Å². The van der Waals surface area contributed by atoms with Gasteiger partial charge in [-0.3, -0.25) is 0 Å². The maximum absolute atomic E-state index is 12.6. The molecule has 0 spiro atoms. The van der Waals surface area contributed by atoms with Gasteiger partial charge in [-0.25, -0.2) is 32.2 Å². The second-order valence-corrected chi connectivity index (χ2v) is 29.0. The summed E-state index contributed by atoms with van der Waals surface area (Å²) in [5.41, 5.74) is 3.39. The van der Waals surface area contributed by atoms with E-state index in [4.69, 9.17) is 24.0 Å². The van der Waals surface area contributed by atoms with Gasteiger partial charge in [0, 0.05) is 15.2 Å². The van der Waals surface area contributed by atoms with Crippen molar-refractivity contribution in [2.45, 2.75) is 119 Å². The number of hydrogen-bond donors (Lipinski definition) is 3. The van der Waals surface area contributed by atoms with Crippen molar-refractivity contribution in [1.29, 1.82) is 5.41 Å². The van der Waals surface area contributed by atoms with Crippen molar-refractivity contribution in [3.8, 4) is 17.3 Å². The predicted octanol–water partition coefficient (Wildman–Crippen LogP) is 15.1. The van der Waals surface area contributed by atoms with Gasteiger partial charge in [-0.05, 0) is 84.8 Å². The van der Waals surface area contributed by atoms with Gasteiger partial charge < -0.3 is 29.4 Å². The Morgan fingerprint density at radius 2 is 1.33 bits per heavy atom. The number of phenols is 1. The summed E-state index contributed by atoms with van der Waals surface area (Å²) in [5, 5.41) is 25.8. The number of nitrogens with one attached hydrogen (secondary N) is 2. The lowest BCUT2D eigenvalue weighted by molar-refractivity contribution is 0.0826. The summed E-state index contributed by atoms with van der Waals surface area (Å²) < 4.78 is 67.5. The van der Waals surface area contributed by atoms with Crippen LogP contribution in [0.15, 0.2) is 75.8 Å². The number of aromatic nitrogens is 4. The maximum atomic E-state index is 12.6. The van der Waals surface area contributed by atoms with Gasteiger partial charge in [-0.1, -0.05) is 116 Å². The Morgan fingerprint density at radius 3 is 1.84 bits per heavy atom. The normalized spacial score (nSPS) is 11.8. The summed E-state index contributed by atoms with van der Waals surface area (Å²) in [6, 6.07) is 18.3. The van der Waals surface area contributed by atoms with E-state index in [0.717, 1.165) is 22.1 Å². The first kappa shape index (κ1) is 57.8. The van der Waals surface area contributed by atoms with E-state index in [1.54, 1.807) is 29.1 Å². The van der Waals surface area contributed by atoms with Crippen LogP contribution in [0.2, 0.25) is 36.3 Å². The van der Waals surface area contributed by atoms with E-state index in [-0.39, 0.29) is 36.0 Å². The largest absolute Gasteiger partial charge is 0.507 e. The van der Waals surface area contributed by atoms with Crippen molar-refractivity contribution in [2.75, 3.05) is 17.3 Å². The van der Waals surface area contributed by atoms with Crippen LogP contribution in [-0.4, -0.2) is 72.5 Å². The lowest BCUT2D eigenvalue weighted by Crippen LogP contribution is -2.40. The molecule has 2 aromatic carbocycles. The summed E-state index contributed by atoms with van der Waals surface area (Å²) >= 11 is 9.34. The molecule has 3 N–H and O–H groups in total. The first-order valence-corrected chi connectivity index (χ1v) is 27.7. The minimum absolute atomic E-state index is 0. The maximum Gasteiger partial charge on any atom is 0.272 e. The fourth-order valence-corrected chi connectivity index (χ4v) is 7.50. The fourth-order valence-electron chi connectivity index (χ4n) is 4.75. The number of pyridine rings is 2. The average Bonchev–Trinajstić information content (AvgIpc) is 3.59. The number of nitrogens with zero attached hydrogens (tertiary/aromatic N) is 4. The Balaban J connectivity index is 0.000000557. The van der Waals surface area contributed by atoms with Crippen molar-refractivity contribution in [3.63, 3.8) is 0 Å². The number of alkyl halides is 5. The molecule has 0 atom stereocenters. The second kappa shape index (κ2) is 24.9. The molecule has 0 radical (unpaired) electrons. The van der Waals surface area contributed by atoms with Crippen LogP contribution in [0.25, 0.3) is 16.7 Å². The molecule has 10 nitrogen and oxygen atoms in total. The summed E-state index contributed by atoms with van der Waals surface area (Å²) in [4.78, 5) is 9.31. The van der Waals surface area contributed by atoms with Gasteiger partial charge in [-0.2, -0.15) is 5.10 Å². The number of benzene rings is 2. The van der Waals surface area contributed by atoms with Crippen LogP contribution in [0.4, 0.5) is 29.1 Å². The summed E-state index contributed by atoms with van der Waals surface area (Å²) in [7, 11) is -3.73. The molecule has 3 heterocycles. The molecule has 0 saturated heterocycles. The molecule has 63 heavy (non-hydrogen) atoms. The Morgan fingerprint density at radius 1 is 0.810 bits per heavy atom. The second-order valence-electron chi connectivity index (χ2n) is 16.9. The van der Waals surface area contributed by atoms with Crippen LogP contribution >= 0.6 is 47.8 Å². The lowest BCUT2D eigenvalue weighted by atomic mass is 10.1. The zero-order valence-electron chi connectivity index (χ0n) is 36.0.